The summed E-state index contributed by atoms with van der Waals surface area (Å²) in [5, 5.41) is 23.4. The zero-order valence-electron chi connectivity index (χ0n) is 15.2. The molecule has 8 heteroatoms. The molecule has 8 nitrogen and oxygen atoms in total. The second kappa shape index (κ2) is 8.78. The molecule has 0 atom stereocenters. The number of rotatable bonds is 8. The van der Waals surface area contributed by atoms with Gasteiger partial charge in [0.2, 0.25) is 0 Å². The number of nitrogens with zero attached hydrogens (tertiary/aromatic N) is 5. The van der Waals surface area contributed by atoms with Crippen molar-refractivity contribution in [3.63, 3.8) is 0 Å². The van der Waals surface area contributed by atoms with Crippen molar-refractivity contribution in [2.24, 2.45) is 0 Å². The van der Waals surface area contributed by atoms with E-state index in [1.165, 1.54) is 5.56 Å². The first kappa shape index (κ1) is 18.4. The Hall–Kier alpha value is -3.44. The van der Waals surface area contributed by atoms with Crippen LogP contribution in [0.2, 0.25) is 0 Å². The van der Waals surface area contributed by atoms with Crippen LogP contribution in [0.15, 0.2) is 42.5 Å². The minimum absolute atomic E-state index is 0.198. The van der Waals surface area contributed by atoms with Gasteiger partial charge in [0.05, 0.1) is 25.4 Å². The lowest BCUT2D eigenvalue weighted by atomic mass is 10.2. The Morgan fingerprint density at radius 1 is 1.15 bits per heavy atom. The molecule has 0 saturated carbocycles. The highest BCUT2D eigenvalue weighted by Gasteiger charge is 2.11. The Morgan fingerprint density at radius 3 is 2.70 bits per heavy atom. The maximum atomic E-state index is 8.59. The summed E-state index contributed by atoms with van der Waals surface area (Å²) < 4.78 is 12.9. The zero-order valence-corrected chi connectivity index (χ0v) is 15.2. The summed E-state index contributed by atoms with van der Waals surface area (Å²) >= 11 is 0. The number of nitriles is 1. The fraction of sp³-hybridized carbons (Fsp3) is 0.263. The third kappa shape index (κ3) is 4.59. The van der Waals surface area contributed by atoms with Crippen molar-refractivity contribution in [3.8, 4) is 23.3 Å². The highest BCUT2D eigenvalue weighted by molar-refractivity contribution is 5.43. The first-order valence-electron chi connectivity index (χ1n) is 8.43. The molecule has 3 rings (SSSR count). The molecule has 138 valence electrons. The molecule has 0 radical (unpaired) electrons. The zero-order chi connectivity index (χ0) is 19.1. The van der Waals surface area contributed by atoms with Gasteiger partial charge in [0, 0.05) is 6.54 Å². The lowest BCUT2D eigenvalue weighted by molar-refractivity contribution is 0.273. The van der Waals surface area contributed by atoms with Gasteiger partial charge in [0.1, 0.15) is 0 Å². The predicted molar refractivity (Wildman–Crippen MR) is 98.5 cm³/mol. The van der Waals surface area contributed by atoms with Crippen molar-refractivity contribution in [2.45, 2.75) is 20.1 Å². The molecular formula is C19H20N6O2. The van der Waals surface area contributed by atoms with Gasteiger partial charge in [-0.3, -0.25) is 0 Å². The molecule has 2 aromatic carbocycles. The van der Waals surface area contributed by atoms with E-state index in [1.807, 2.05) is 55.5 Å². The van der Waals surface area contributed by atoms with Crippen molar-refractivity contribution in [2.75, 3.05) is 13.7 Å². The summed E-state index contributed by atoms with van der Waals surface area (Å²) in [6.45, 7) is 3.10. The molecule has 3 aromatic rings. The number of methoxy groups -OCH3 is 1. The summed E-state index contributed by atoms with van der Waals surface area (Å²) in [6.07, 6.45) is 0. The molecule has 1 aromatic heterocycles. The third-order valence-electron chi connectivity index (χ3n) is 3.93. The number of benzene rings is 2. The minimum Gasteiger partial charge on any atom is -0.493 e. The van der Waals surface area contributed by atoms with Gasteiger partial charge in [0.15, 0.2) is 23.9 Å². The Bertz CT molecular complexity index is 930. The average molecular weight is 364 g/mol. The molecule has 27 heavy (non-hydrogen) atoms. The molecule has 0 aliphatic carbocycles. The van der Waals surface area contributed by atoms with Crippen molar-refractivity contribution in [1.29, 1.82) is 5.26 Å². The first-order valence-corrected chi connectivity index (χ1v) is 8.43. The van der Waals surface area contributed by atoms with Crippen molar-refractivity contribution >= 4 is 0 Å². The maximum Gasteiger partial charge on any atom is 0.194 e. The molecule has 1 heterocycles. The van der Waals surface area contributed by atoms with E-state index < -0.39 is 0 Å². The fourth-order valence-corrected chi connectivity index (χ4v) is 2.53. The first-order chi connectivity index (χ1) is 13.2. The van der Waals surface area contributed by atoms with Gasteiger partial charge in [-0.15, -0.1) is 5.10 Å². The van der Waals surface area contributed by atoms with Gasteiger partial charge in [0.25, 0.3) is 0 Å². The Balaban J connectivity index is 1.71. The van der Waals surface area contributed by atoms with Crippen LogP contribution >= 0.6 is 0 Å². The van der Waals surface area contributed by atoms with Crippen LogP contribution in [0.3, 0.4) is 0 Å². The standard InChI is InChI=1S/C19H20N6O2/c1-14-3-6-16(7-4-14)25-19(22-23-24-25)13-27-17-8-5-15(11-18(17)26-2)12-21-10-9-20/h3-8,11,21H,10,12-13H2,1-2H3. The summed E-state index contributed by atoms with van der Waals surface area (Å²) in [4.78, 5) is 0. The number of hydrogen-bond acceptors (Lipinski definition) is 7. The van der Waals surface area contributed by atoms with Gasteiger partial charge in [-0.1, -0.05) is 23.8 Å². The highest BCUT2D eigenvalue weighted by atomic mass is 16.5. The second-order valence-corrected chi connectivity index (χ2v) is 5.88. The lowest BCUT2D eigenvalue weighted by Crippen LogP contribution is -2.13. The number of nitrogens with one attached hydrogen (secondary N) is 1. The summed E-state index contributed by atoms with van der Waals surface area (Å²) in [5.74, 6) is 1.79. The Kier molecular flexibility index (Phi) is 5.97. The molecule has 0 aliphatic heterocycles. The number of tetrazole rings is 1. The van der Waals surface area contributed by atoms with Crippen LogP contribution < -0.4 is 14.8 Å². The Morgan fingerprint density at radius 2 is 1.96 bits per heavy atom. The molecule has 0 spiro atoms. The van der Waals surface area contributed by atoms with Crippen LogP contribution in [0, 0.1) is 18.3 Å². The molecule has 0 amide bonds. The maximum absolute atomic E-state index is 8.59. The van der Waals surface area contributed by atoms with Gasteiger partial charge in [-0.2, -0.15) is 9.94 Å². The second-order valence-electron chi connectivity index (χ2n) is 5.88. The average Bonchev–Trinajstić information content (AvgIpc) is 3.16. The van der Waals surface area contributed by atoms with E-state index in [1.54, 1.807) is 11.8 Å². The van der Waals surface area contributed by atoms with Crippen molar-refractivity contribution < 1.29 is 9.47 Å². The largest absolute Gasteiger partial charge is 0.493 e. The van der Waals surface area contributed by atoms with Crippen LogP contribution in [0.4, 0.5) is 0 Å². The highest BCUT2D eigenvalue weighted by Crippen LogP contribution is 2.28. The molecule has 0 unspecified atom stereocenters. The van der Waals surface area contributed by atoms with Gasteiger partial charge < -0.3 is 14.8 Å². The predicted octanol–water partition coefficient (Wildman–Crippen LogP) is 2.17. The van der Waals surface area contributed by atoms with Gasteiger partial charge in [-0.05, 0) is 47.2 Å². The van der Waals surface area contributed by atoms with E-state index in [0.717, 1.165) is 11.3 Å². The van der Waals surface area contributed by atoms with E-state index in [9.17, 15) is 0 Å². The quantitative estimate of drug-likeness (QED) is 0.483. The van der Waals surface area contributed by atoms with E-state index >= 15 is 0 Å². The molecule has 1 N–H and O–H groups in total. The van der Waals surface area contributed by atoms with Crippen molar-refractivity contribution in [1.82, 2.24) is 25.5 Å². The number of ether oxygens (including phenoxy) is 2. The van der Waals surface area contributed by atoms with E-state index in [-0.39, 0.29) is 6.61 Å². The number of aromatic nitrogens is 4. The number of hydrogen-bond donors (Lipinski definition) is 1. The molecule has 0 fully saturated rings. The Labute approximate surface area is 157 Å². The monoisotopic (exact) mass is 364 g/mol. The van der Waals surface area contributed by atoms with Crippen LogP contribution in [0.5, 0.6) is 11.5 Å². The van der Waals surface area contributed by atoms with Crippen LogP contribution in [0.1, 0.15) is 17.0 Å². The smallest absolute Gasteiger partial charge is 0.194 e. The normalized spacial score (nSPS) is 10.4. The van der Waals surface area contributed by atoms with Crippen LogP contribution in [-0.2, 0) is 13.2 Å². The molecule has 0 bridgehead atoms. The molecule has 0 aliphatic rings. The minimum atomic E-state index is 0.198. The SMILES string of the molecule is COc1cc(CNCC#N)ccc1OCc1nnnn1-c1ccc(C)cc1. The summed E-state index contributed by atoms with van der Waals surface area (Å²) in [5.41, 5.74) is 3.03. The van der Waals surface area contributed by atoms with E-state index in [2.05, 4.69) is 20.8 Å². The summed E-state index contributed by atoms with van der Waals surface area (Å²) in [6, 6.07) is 15.6. The van der Waals surface area contributed by atoms with Crippen molar-refractivity contribution in [3.05, 3.63) is 59.4 Å². The third-order valence-corrected chi connectivity index (χ3v) is 3.93. The lowest BCUT2D eigenvalue weighted by Gasteiger charge is -2.12. The molecular weight excluding hydrogens is 344 g/mol. The summed E-state index contributed by atoms with van der Waals surface area (Å²) in [7, 11) is 1.59. The topological polar surface area (TPSA) is 97.9 Å². The van der Waals surface area contributed by atoms with Gasteiger partial charge in [-0.25, -0.2) is 0 Å². The van der Waals surface area contributed by atoms with Crippen LogP contribution in [-0.4, -0.2) is 33.9 Å². The van der Waals surface area contributed by atoms with E-state index in [4.69, 9.17) is 14.7 Å². The van der Waals surface area contributed by atoms with Gasteiger partial charge >= 0.3 is 0 Å². The molecule has 0 saturated heterocycles. The number of aryl methyl sites for hydroxylation is 1. The fourth-order valence-electron chi connectivity index (χ4n) is 2.53. The van der Waals surface area contributed by atoms with Crippen LogP contribution in [0.25, 0.3) is 5.69 Å². The van der Waals surface area contributed by atoms with E-state index in [0.29, 0.717) is 30.4 Å².